The molecule has 4 rings (SSSR count). The van der Waals surface area contributed by atoms with Gasteiger partial charge in [0.2, 0.25) is 0 Å². The monoisotopic (exact) mass is 426 g/mol. The summed E-state index contributed by atoms with van der Waals surface area (Å²) in [5, 5.41) is 0.566. The van der Waals surface area contributed by atoms with E-state index in [4.69, 9.17) is 11.5 Å². The molecule has 0 bridgehead atoms. The molecule has 4 aromatic rings. The van der Waals surface area contributed by atoms with Crippen LogP contribution in [0.2, 0.25) is 0 Å². The predicted molar refractivity (Wildman–Crippen MR) is 115 cm³/mol. The van der Waals surface area contributed by atoms with Crippen molar-refractivity contribution < 1.29 is 4.39 Å². The quantitative estimate of drug-likeness (QED) is 0.463. The highest BCUT2D eigenvalue weighted by molar-refractivity contribution is 7.99. The molecule has 2 heterocycles. The molecular weight excluding hydrogens is 411 g/mol. The summed E-state index contributed by atoms with van der Waals surface area (Å²) in [6.07, 6.45) is 5.97. The number of hydrogen-bond donors (Lipinski definition) is 2. The van der Waals surface area contributed by atoms with Crippen LogP contribution < -0.4 is 11.5 Å². The van der Waals surface area contributed by atoms with Crippen molar-refractivity contribution in [1.82, 2.24) is 19.9 Å². The van der Waals surface area contributed by atoms with Gasteiger partial charge in [-0.1, -0.05) is 24.3 Å². The highest BCUT2D eigenvalue weighted by Gasteiger charge is 2.12. The topological polar surface area (TPSA) is 104 Å². The van der Waals surface area contributed by atoms with Crippen LogP contribution in [0.5, 0.6) is 0 Å². The van der Waals surface area contributed by atoms with Crippen LogP contribution in [-0.2, 0) is 0 Å². The van der Waals surface area contributed by atoms with Crippen LogP contribution in [0.4, 0.5) is 15.9 Å². The molecule has 0 amide bonds. The van der Waals surface area contributed by atoms with Gasteiger partial charge in [-0.2, -0.15) is 0 Å². The largest absolute Gasteiger partial charge is 0.396 e. The Labute approximate surface area is 177 Å². The zero-order valence-corrected chi connectivity index (χ0v) is 16.6. The molecule has 2 aromatic carbocycles. The fraction of sp³-hybridized carbons (Fsp3) is 0. The molecule has 0 radical (unpaired) electrons. The normalized spacial score (nSPS) is 10.4. The summed E-state index contributed by atoms with van der Waals surface area (Å²) in [6, 6.07) is 12.7. The van der Waals surface area contributed by atoms with E-state index in [-0.39, 0.29) is 24.0 Å². The second kappa shape index (κ2) is 8.85. The molecule has 0 aliphatic rings. The molecular formula is C20H16ClFN6S. The van der Waals surface area contributed by atoms with Gasteiger partial charge in [0.15, 0.2) is 5.16 Å². The molecule has 29 heavy (non-hydrogen) atoms. The van der Waals surface area contributed by atoms with Crippen molar-refractivity contribution in [3.63, 3.8) is 0 Å². The third kappa shape index (κ3) is 4.61. The van der Waals surface area contributed by atoms with Crippen molar-refractivity contribution in [1.29, 1.82) is 0 Å². The van der Waals surface area contributed by atoms with Gasteiger partial charge in [0.25, 0.3) is 0 Å². The zero-order chi connectivity index (χ0) is 19.5. The highest BCUT2D eigenvalue weighted by Crippen LogP contribution is 2.35. The number of nitrogen functional groups attached to an aromatic ring is 2. The molecule has 0 fully saturated rings. The summed E-state index contributed by atoms with van der Waals surface area (Å²) in [4.78, 5) is 17.4. The highest BCUT2D eigenvalue weighted by atomic mass is 35.5. The van der Waals surface area contributed by atoms with Crippen LogP contribution in [0.25, 0.3) is 22.4 Å². The smallest absolute Gasteiger partial charge is 0.192 e. The first kappa shape index (κ1) is 20.5. The fourth-order valence-corrected chi connectivity index (χ4v) is 3.49. The Morgan fingerprint density at radius 2 is 1.55 bits per heavy atom. The van der Waals surface area contributed by atoms with Gasteiger partial charge in [0.1, 0.15) is 11.6 Å². The van der Waals surface area contributed by atoms with E-state index in [1.54, 1.807) is 18.5 Å². The molecule has 2 aromatic heterocycles. The number of rotatable bonds is 4. The lowest BCUT2D eigenvalue weighted by atomic mass is 10.0. The lowest BCUT2D eigenvalue weighted by Crippen LogP contribution is -1.95. The van der Waals surface area contributed by atoms with Crippen molar-refractivity contribution in [2.75, 3.05) is 11.5 Å². The molecule has 4 N–H and O–H groups in total. The van der Waals surface area contributed by atoms with E-state index < -0.39 is 0 Å². The Kier molecular flexibility index (Phi) is 6.26. The molecule has 9 heteroatoms. The predicted octanol–water partition coefficient (Wildman–Crippen LogP) is 4.48. The van der Waals surface area contributed by atoms with Gasteiger partial charge in [-0.3, -0.25) is 4.98 Å². The minimum Gasteiger partial charge on any atom is -0.396 e. The molecule has 0 spiro atoms. The summed E-state index contributed by atoms with van der Waals surface area (Å²) < 4.78 is 14.8. The first-order valence-corrected chi connectivity index (χ1v) is 9.14. The van der Waals surface area contributed by atoms with E-state index in [0.717, 1.165) is 16.0 Å². The van der Waals surface area contributed by atoms with E-state index in [0.29, 0.717) is 22.1 Å². The van der Waals surface area contributed by atoms with Crippen LogP contribution in [-0.4, -0.2) is 19.9 Å². The van der Waals surface area contributed by atoms with E-state index in [9.17, 15) is 4.39 Å². The third-order valence-corrected chi connectivity index (χ3v) is 4.93. The lowest BCUT2D eigenvalue weighted by molar-refractivity contribution is 0.631. The van der Waals surface area contributed by atoms with Crippen molar-refractivity contribution in [3.05, 3.63) is 73.1 Å². The third-order valence-electron chi connectivity index (χ3n) is 3.96. The zero-order valence-electron chi connectivity index (χ0n) is 15.0. The van der Waals surface area contributed by atoms with Gasteiger partial charge in [0, 0.05) is 10.5 Å². The number of nitrogens with zero attached hydrogens (tertiary/aromatic N) is 4. The van der Waals surface area contributed by atoms with Gasteiger partial charge < -0.3 is 11.5 Å². The average Bonchev–Trinajstić information content (AvgIpc) is 2.71. The SMILES string of the molecule is Cl.Nc1cnc(Sc2ccccc2-c2ccc(-c3cnc(N)cn3)c(F)c2)nc1. The Morgan fingerprint density at radius 3 is 2.24 bits per heavy atom. The van der Waals surface area contributed by atoms with Gasteiger partial charge in [-0.15, -0.1) is 12.4 Å². The maximum absolute atomic E-state index is 14.8. The molecule has 0 saturated heterocycles. The number of hydrogen-bond acceptors (Lipinski definition) is 7. The van der Waals surface area contributed by atoms with Crippen LogP contribution in [0, 0.1) is 5.82 Å². The van der Waals surface area contributed by atoms with Crippen molar-refractivity contribution in [2.24, 2.45) is 0 Å². The second-order valence-corrected chi connectivity index (χ2v) is 6.93. The van der Waals surface area contributed by atoms with Crippen molar-refractivity contribution in [3.8, 4) is 22.4 Å². The van der Waals surface area contributed by atoms with Crippen LogP contribution in [0.15, 0.2) is 77.3 Å². The van der Waals surface area contributed by atoms with E-state index in [1.165, 1.54) is 30.2 Å². The maximum Gasteiger partial charge on any atom is 0.192 e. The first-order chi connectivity index (χ1) is 13.6. The van der Waals surface area contributed by atoms with Gasteiger partial charge in [-0.25, -0.2) is 19.3 Å². The average molecular weight is 427 g/mol. The first-order valence-electron chi connectivity index (χ1n) is 8.32. The summed E-state index contributed by atoms with van der Waals surface area (Å²) in [7, 11) is 0. The van der Waals surface area contributed by atoms with Crippen molar-refractivity contribution in [2.45, 2.75) is 10.1 Å². The lowest BCUT2D eigenvalue weighted by Gasteiger charge is -2.10. The van der Waals surface area contributed by atoms with Crippen LogP contribution in [0.3, 0.4) is 0 Å². The number of nitrogens with two attached hydrogens (primary N) is 2. The summed E-state index contributed by atoms with van der Waals surface area (Å²) in [5.74, 6) is -0.100. The van der Waals surface area contributed by atoms with Gasteiger partial charge in [0.05, 0.1) is 36.2 Å². The van der Waals surface area contributed by atoms with E-state index >= 15 is 0 Å². The number of aromatic nitrogens is 4. The molecule has 0 unspecified atom stereocenters. The molecule has 0 aliphatic heterocycles. The van der Waals surface area contributed by atoms with Gasteiger partial charge >= 0.3 is 0 Å². The Bertz CT molecular complexity index is 1120. The van der Waals surface area contributed by atoms with Crippen LogP contribution >= 0.6 is 24.2 Å². The summed E-state index contributed by atoms with van der Waals surface area (Å²) >= 11 is 1.39. The standard InChI is InChI=1S/C20H15FN6S.ClH/c21-16-7-12(5-6-15(16)17-10-25-19(23)11-24-17)14-3-1-2-4-18(14)28-20-26-8-13(22)9-27-20;/h1-11H,22H2,(H2,23,25);1H. The summed E-state index contributed by atoms with van der Waals surface area (Å²) in [6.45, 7) is 0. The Morgan fingerprint density at radius 1 is 0.793 bits per heavy atom. The van der Waals surface area contributed by atoms with E-state index in [1.807, 2.05) is 30.3 Å². The molecule has 146 valence electrons. The summed E-state index contributed by atoms with van der Waals surface area (Å²) in [5.41, 5.74) is 14.1. The molecule has 0 aliphatic carbocycles. The molecule has 0 atom stereocenters. The minimum atomic E-state index is -0.389. The second-order valence-electron chi connectivity index (χ2n) is 5.92. The number of anilines is 2. The minimum absolute atomic E-state index is 0. The number of halogens is 2. The Balaban J connectivity index is 0.00000240. The number of benzene rings is 2. The van der Waals surface area contributed by atoms with Gasteiger partial charge in [-0.05, 0) is 41.1 Å². The Hall–Kier alpha value is -3.23. The maximum atomic E-state index is 14.8. The van der Waals surface area contributed by atoms with Crippen molar-refractivity contribution >= 4 is 35.7 Å². The molecule has 6 nitrogen and oxygen atoms in total. The van der Waals surface area contributed by atoms with Crippen LogP contribution in [0.1, 0.15) is 0 Å². The van der Waals surface area contributed by atoms with E-state index in [2.05, 4.69) is 19.9 Å². The fourth-order valence-electron chi connectivity index (χ4n) is 2.64. The molecule has 0 saturated carbocycles.